The number of aromatic carboxylic acids is 1. The van der Waals surface area contributed by atoms with Crippen LogP contribution >= 0.6 is 22.7 Å². The molecule has 12 nitrogen and oxygen atoms in total. The number of para-hydroxylation sites is 1. The van der Waals surface area contributed by atoms with E-state index in [9.17, 15) is 19.1 Å². The number of carboxylic acids is 1. The van der Waals surface area contributed by atoms with Crippen LogP contribution in [-0.4, -0.2) is 81.4 Å². The van der Waals surface area contributed by atoms with Gasteiger partial charge >= 0.3 is 5.97 Å². The molecule has 1 amide bonds. The number of carbonyl (C=O) groups excluding carboxylic acids is 1. The van der Waals surface area contributed by atoms with Crippen molar-refractivity contribution < 1.29 is 23.8 Å². The van der Waals surface area contributed by atoms with E-state index in [0.29, 0.717) is 59.6 Å². The van der Waals surface area contributed by atoms with Crippen molar-refractivity contribution in [2.75, 3.05) is 49.5 Å². The molecule has 2 fully saturated rings. The fraction of sp³-hybridized carbons (Fsp3) is 0.385. The molecule has 0 saturated carbocycles. The molecule has 0 aliphatic carbocycles. The van der Waals surface area contributed by atoms with E-state index in [-0.39, 0.29) is 29.4 Å². The smallest absolute Gasteiger partial charge is 0.355 e. The Morgan fingerprint density at radius 2 is 1.98 bits per heavy atom. The number of carbonyl (C=O) groups is 2. The van der Waals surface area contributed by atoms with Gasteiger partial charge in [-0.25, -0.2) is 19.2 Å². The summed E-state index contributed by atoms with van der Waals surface area (Å²) >= 11 is 2.88. The predicted molar refractivity (Wildman–Crippen MR) is 207 cm³/mol. The molecule has 3 aliphatic heterocycles. The van der Waals surface area contributed by atoms with Gasteiger partial charge in [-0.05, 0) is 94.3 Å². The van der Waals surface area contributed by atoms with Crippen LogP contribution in [0.2, 0.25) is 0 Å². The minimum absolute atomic E-state index is 0.00439. The first kappa shape index (κ1) is 35.8. The van der Waals surface area contributed by atoms with E-state index in [4.69, 9.17) is 4.74 Å². The largest absolute Gasteiger partial charge is 0.491 e. The summed E-state index contributed by atoms with van der Waals surface area (Å²) < 4.78 is 21.8. The van der Waals surface area contributed by atoms with Crippen molar-refractivity contribution in [3.8, 4) is 17.6 Å². The lowest BCUT2D eigenvalue weighted by Crippen LogP contribution is -2.41. The van der Waals surface area contributed by atoms with Gasteiger partial charge in [-0.15, -0.1) is 21.5 Å². The van der Waals surface area contributed by atoms with E-state index in [1.54, 1.807) is 23.5 Å². The highest BCUT2D eigenvalue weighted by atomic mass is 32.1. The first-order valence-electron chi connectivity index (χ1n) is 18.1. The molecule has 0 unspecified atom stereocenters. The number of likely N-dealkylation sites (tertiary alicyclic amines) is 1. The Balaban J connectivity index is 0.865. The summed E-state index contributed by atoms with van der Waals surface area (Å²) in [4.78, 5) is 38.0. The number of aromatic nitrogens is 4. The van der Waals surface area contributed by atoms with Gasteiger partial charge < -0.3 is 25.4 Å². The molecule has 0 atom stereocenters. The van der Waals surface area contributed by atoms with Gasteiger partial charge in [-0.1, -0.05) is 35.3 Å². The van der Waals surface area contributed by atoms with Crippen molar-refractivity contribution in [1.82, 2.24) is 30.4 Å². The number of piperidine rings is 1. The SMILES string of the molecule is Cc1c(Nc2nc3ccccc3s2)nnc2c1CCCN2c1nc(C(=O)O)c(CCCOc2ccc(C#CCN3CCC4(CC3)CNC(=O)C4)cc2F)s1. The Morgan fingerprint density at radius 1 is 1.13 bits per heavy atom. The van der Waals surface area contributed by atoms with Crippen molar-refractivity contribution in [3.63, 3.8) is 0 Å². The Hall–Kier alpha value is -5.17. The van der Waals surface area contributed by atoms with Crippen LogP contribution in [0.4, 0.5) is 26.3 Å². The molecule has 0 radical (unpaired) electrons. The fourth-order valence-corrected chi connectivity index (χ4v) is 9.34. The van der Waals surface area contributed by atoms with Crippen molar-refractivity contribution in [3.05, 3.63) is 75.5 Å². The van der Waals surface area contributed by atoms with E-state index in [1.807, 2.05) is 36.1 Å². The number of rotatable bonds is 10. The van der Waals surface area contributed by atoms with Crippen LogP contribution in [0, 0.1) is 30.0 Å². The molecule has 2 aromatic carbocycles. The number of ether oxygens (including phenoxy) is 1. The minimum atomic E-state index is -1.10. The van der Waals surface area contributed by atoms with Crippen molar-refractivity contribution in [1.29, 1.82) is 0 Å². The second-order valence-corrected chi connectivity index (χ2v) is 16.1. The second-order valence-electron chi connectivity index (χ2n) is 14.0. The van der Waals surface area contributed by atoms with Gasteiger partial charge in [0, 0.05) is 41.1 Å². The summed E-state index contributed by atoms with van der Waals surface area (Å²) in [6.45, 7) is 6.01. The molecule has 8 rings (SSSR count). The molecule has 278 valence electrons. The van der Waals surface area contributed by atoms with Crippen molar-refractivity contribution in [2.45, 2.75) is 51.9 Å². The zero-order valence-corrected chi connectivity index (χ0v) is 31.4. The number of hydrogen-bond donors (Lipinski definition) is 3. The lowest BCUT2D eigenvalue weighted by molar-refractivity contribution is -0.119. The minimum Gasteiger partial charge on any atom is -0.491 e. The van der Waals surface area contributed by atoms with Crippen LogP contribution in [0.3, 0.4) is 0 Å². The van der Waals surface area contributed by atoms with E-state index < -0.39 is 11.8 Å². The molecule has 3 N–H and O–H groups in total. The zero-order valence-electron chi connectivity index (χ0n) is 29.8. The summed E-state index contributed by atoms with van der Waals surface area (Å²) in [5.41, 5.74) is 3.60. The molecule has 1 spiro atoms. The summed E-state index contributed by atoms with van der Waals surface area (Å²) in [5, 5.41) is 26.7. The van der Waals surface area contributed by atoms with Crippen molar-refractivity contribution in [2.24, 2.45) is 5.41 Å². The van der Waals surface area contributed by atoms with E-state index in [2.05, 4.69) is 47.5 Å². The lowest BCUT2D eigenvalue weighted by atomic mass is 9.78. The molecule has 2 saturated heterocycles. The maximum Gasteiger partial charge on any atom is 0.355 e. The molecule has 3 aliphatic rings. The zero-order chi connectivity index (χ0) is 37.2. The second kappa shape index (κ2) is 15.3. The highest BCUT2D eigenvalue weighted by Crippen LogP contribution is 2.40. The van der Waals surface area contributed by atoms with Gasteiger partial charge in [0.1, 0.15) is 0 Å². The number of carboxylic acid groups (broad SMARTS) is 1. The highest BCUT2D eigenvalue weighted by Gasteiger charge is 2.40. The van der Waals surface area contributed by atoms with Crippen LogP contribution < -0.4 is 20.3 Å². The third-order valence-electron chi connectivity index (χ3n) is 10.4. The van der Waals surface area contributed by atoms with Crippen LogP contribution in [-0.2, 0) is 17.6 Å². The maximum atomic E-state index is 14.9. The summed E-state index contributed by atoms with van der Waals surface area (Å²) in [5.74, 6) is 6.21. The number of hydrogen-bond acceptors (Lipinski definition) is 12. The molecule has 54 heavy (non-hydrogen) atoms. The van der Waals surface area contributed by atoms with Crippen LogP contribution in [0.15, 0.2) is 42.5 Å². The van der Waals surface area contributed by atoms with Crippen LogP contribution in [0.25, 0.3) is 10.2 Å². The molecule has 6 heterocycles. The third kappa shape index (κ3) is 7.59. The average molecular weight is 767 g/mol. The monoisotopic (exact) mass is 766 g/mol. The normalized spacial score (nSPS) is 16.6. The van der Waals surface area contributed by atoms with Gasteiger partial charge in [-0.3, -0.25) is 9.69 Å². The van der Waals surface area contributed by atoms with Gasteiger partial charge in [0.15, 0.2) is 39.2 Å². The first-order valence-corrected chi connectivity index (χ1v) is 19.8. The fourth-order valence-electron chi connectivity index (χ4n) is 7.36. The van der Waals surface area contributed by atoms with Gasteiger partial charge in [0.25, 0.3) is 0 Å². The van der Waals surface area contributed by atoms with E-state index in [1.165, 1.54) is 17.4 Å². The molecular weight excluding hydrogens is 728 g/mol. The number of halogens is 1. The molecular formula is C39H39FN8O4S2. The van der Waals surface area contributed by atoms with Crippen LogP contribution in [0.5, 0.6) is 5.75 Å². The Kier molecular flexibility index (Phi) is 10.1. The maximum absolute atomic E-state index is 14.9. The number of nitrogens with one attached hydrogen (secondary N) is 2. The number of benzene rings is 2. The standard InChI is InChI=1S/C39H39FN8O4S2/c1-24-26-8-5-17-48(35(26)46-45-34(24)44-37-42-28-9-2-3-10-30(28)53-37)38-43-33(36(50)51)31(54-38)11-6-20-52-29-13-12-25(21-27(29)40)7-4-16-47-18-14-39(15-19-47)22-32(49)41-23-39/h2-3,9-10,12-13,21H,5-6,8,11,14-20,22-23H2,1H3,(H,41,49)(H,50,51)(H,42,44,45). The van der Waals surface area contributed by atoms with Crippen molar-refractivity contribution >= 4 is 66.7 Å². The molecule has 5 aromatic rings. The first-order chi connectivity index (χ1) is 26.2. The predicted octanol–water partition coefficient (Wildman–Crippen LogP) is 6.48. The highest BCUT2D eigenvalue weighted by molar-refractivity contribution is 7.22. The van der Waals surface area contributed by atoms with E-state index in [0.717, 1.165) is 71.8 Å². The van der Waals surface area contributed by atoms with Gasteiger partial charge in [0.05, 0.1) is 23.4 Å². The summed E-state index contributed by atoms with van der Waals surface area (Å²) in [6, 6.07) is 12.7. The Bertz CT molecular complexity index is 2260. The number of aryl methyl sites for hydroxylation is 1. The lowest BCUT2D eigenvalue weighted by Gasteiger charge is -2.37. The number of thiazole rings is 2. The summed E-state index contributed by atoms with van der Waals surface area (Å²) in [7, 11) is 0. The quantitative estimate of drug-likeness (QED) is 0.106. The topological polar surface area (TPSA) is 146 Å². The van der Waals surface area contributed by atoms with Gasteiger partial charge in [0.2, 0.25) is 5.91 Å². The molecule has 15 heteroatoms. The Morgan fingerprint density at radius 3 is 2.76 bits per heavy atom. The number of amides is 1. The van der Waals surface area contributed by atoms with E-state index >= 15 is 0 Å². The van der Waals surface area contributed by atoms with Crippen LogP contribution in [0.1, 0.15) is 64.2 Å². The third-order valence-corrected chi connectivity index (χ3v) is 12.5. The molecule has 3 aromatic heterocycles. The number of nitrogens with zero attached hydrogens (tertiary/aromatic N) is 6. The molecule has 0 bridgehead atoms. The Labute approximate surface area is 319 Å². The number of fused-ring (bicyclic) bond motifs is 2. The summed E-state index contributed by atoms with van der Waals surface area (Å²) in [6.07, 6.45) is 5.12. The average Bonchev–Trinajstić information content (AvgIpc) is 3.89. The van der Waals surface area contributed by atoms with Gasteiger partial charge in [-0.2, -0.15) is 0 Å². The number of anilines is 4.